The monoisotopic (exact) mass is 596 g/mol. The number of nitrogens with zero attached hydrogens (tertiary/aromatic N) is 1. The lowest BCUT2D eigenvalue weighted by atomic mass is 9.66. The standard InChI is InChI=1S/C29H32N4O6S2/c1-17(2)14-15-29(3)22-7-5-4-6-21(22)26(34)25(27(29)35)28-31-23-13-10-19(16-24(23)41(38,39)33-28)32-40(36,37)20-11-8-18(30)9-12-20/h4-13,16-17,32,34,38-39H,14-15,30H2,1-3H3,(H,31,33). The number of nitrogens with one attached hydrogen (secondary N) is 2. The molecule has 0 saturated heterocycles. The molecule has 0 saturated carbocycles. The summed E-state index contributed by atoms with van der Waals surface area (Å²) >= 11 is 0. The van der Waals surface area contributed by atoms with Crippen LogP contribution in [0.4, 0.5) is 17.1 Å². The van der Waals surface area contributed by atoms with E-state index < -0.39 is 26.2 Å². The molecule has 1 atom stereocenters. The Morgan fingerprint density at radius 3 is 2.44 bits per heavy atom. The molecule has 7 N–H and O–H groups in total. The van der Waals surface area contributed by atoms with Crippen molar-refractivity contribution in [2.24, 2.45) is 10.3 Å². The third kappa shape index (κ3) is 5.19. The van der Waals surface area contributed by atoms with Gasteiger partial charge in [0.1, 0.15) is 16.2 Å². The van der Waals surface area contributed by atoms with E-state index in [1.54, 1.807) is 12.1 Å². The number of carbonyl (C=O) groups excluding carboxylic acids is 1. The maximum atomic E-state index is 14.0. The van der Waals surface area contributed by atoms with E-state index in [0.29, 0.717) is 29.2 Å². The summed E-state index contributed by atoms with van der Waals surface area (Å²) in [5.41, 5.74) is 6.42. The summed E-state index contributed by atoms with van der Waals surface area (Å²) in [6.45, 7) is 5.97. The summed E-state index contributed by atoms with van der Waals surface area (Å²) in [4.78, 5) is 14.0. The van der Waals surface area contributed by atoms with Crippen LogP contribution in [0, 0.1) is 5.92 Å². The molecule has 0 radical (unpaired) electrons. The molecule has 5 rings (SSSR count). The van der Waals surface area contributed by atoms with E-state index in [9.17, 15) is 27.4 Å². The van der Waals surface area contributed by atoms with Gasteiger partial charge in [-0.2, -0.15) is 0 Å². The number of nitrogen functional groups attached to an aromatic ring is 1. The minimum absolute atomic E-state index is 0.0199. The zero-order valence-corrected chi connectivity index (χ0v) is 24.4. The summed E-state index contributed by atoms with van der Waals surface area (Å²) in [5.74, 6) is -0.511. The molecule has 10 nitrogen and oxygen atoms in total. The zero-order valence-electron chi connectivity index (χ0n) is 22.7. The van der Waals surface area contributed by atoms with Gasteiger partial charge in [-0.05, 0) is 73.7 Å². The minimum Gasteiger partial charge on any atom is -0.506 e. The Bertz CT molecular complexity index is 1720. The molecule has 0 spiro atoms. The number of Topliss-reactive ketones (excluding diaryl/α,β-unsaturated/α-hetero) is 1. The predicted molar refractivity (Wildman–Crippen MR) is 163 cm³/mol. The number of amidine groups is 1. The molecule has 2 aliphatic rings. The van der Waals surface area contributed by atoms with Gasteiger partial charge in [0, 0.05) is 11.3 Å². The second-order valence-corrected chi connectivity index (χ2v) is 14.2. The van der Waals surface area contributed by atoms with Crippen molar-refractivity contribution in [3.05, 3.63) is 83.4 Å². The van der Waals surface area contributed by atoms with E-state index in [-0.39, 0.29) is 44.1 Å². The lowest BCUT2D eigenvalue weighted by Gasteiger charge is -2.39. The Kier molecular flexibility index (Phi) is 7.14. The van der Waals surface area contributed by atoms with E-state index in [4.69, 9.17) is 5.73 Å². The fourth-order valence-electron chi connectivity index (χ4n) is 5.07. The molecule has 1 aliphatic carbocycles. The normalized spacial score (nSPS) is 20.5. The molecule has 0 fully saturated rings. The van der Waals surface area contributed by atoms with Gasteiger partial charge < -0.3 is 16.2 Å². The van der Waals surface area contributed by atoms with Gasteiger partial charge in [0.25, 0.3) is 10.0 Å². The quantitative estimate of drug-likeness (QED) is 0.176. The molecule has 3 aromatic rings. The summed E-state index contributed by atoms with van der Waals surface area (Å²) in [5, 5.41) is 14.2. The number of hydrogen-bond donors (Lipinski definition) is 6. The van der Waals surface area contributed by atoms with Crippen molar-refractivity contribution in [2.45, 2.75) is 48.8 Å². The third-order valence-corrected chi connectivity index (χ3v) is 10.2. The highest BCUT2D eigenvalue weighted by atomic mass is 32.3. The first-order valence-corrected chi connectivity index (χ1v) is 16.0. The molecule has 0 amide bonds. The average Bonchev–Trinajstić information content (AvgIpc) is 2.91. The Morgan fingerprint density at radius 1 is 1.07 bits per heavy atom. The maximum absolute atomic E-state index is 14.0. The van der Waals surface area contributed by atoms with E-state index in [0.717, 1.165) is 6.42 Å². The van der Waals surface area contributed by atoms with Crippen LogP contribution in [0.25, 0.3) is 5.76 Å². The largest absolute Gasteiger partial charge is 0.506 e. The number of nitrogens with two attached hydrogens (primary N) is 1. The number of rotatable bonds is 7. The number of benzene rings is 3. The first-order chi connectivity index (χ1) is 19.2. The number of hydrogen-bond acceptors (Lipinski definition) is 9. The van der Waals surface area contributed by atoms with E-state index in [1.807, 2.05) is 19.1 Å². The van der Waals surface area contributed by atoms with Gasteiger partial charge in [0.2, 0.25) is 0 Å². The lowest BCUT2D eigenvalue weighted by Crippen LogP contribution is -2.42. The Labute approximate surface area is 240 Å². The fraction of sp³-hybridized carbons (Fsp3) is 0.241. The van der Waals surface area contributed by atoms with Crippen LogP contribution in [-0.2, 0) is 20.2 Å². The first-order valence-electron chi connectivity index (χ1n) is 13.0. The summed E-state index contributed by atoms with van der Waals surface area (Å²) in [6.07, 6.45) is 1.28. The highest BCUT2D eigenvalue weighted by Gasteiger charge is 2.46. The number of fused-ring (bicyclic) bond motifs is 2. The molecule has 1 heterocycles. The molecule has 216 valence electrons. The third-order valence-electron chi connectivity index (χ3n) is 7.39. The van der Waals surface area contributed by atoms with Crippen LogP contribution in [-0.4, -0.2) is 34.2 Å². The van der Waals surface area contributed by atoms with Crippen LogP contribution in [0.15, 0.2) is 86.5 Å². The number of carbonyl (C=O) groups is 1. The van der Waals surface area contributed by atoms with Crippen molar-refractivity contribution in [3.8, 4) is 0 Å². The van der Waals surface area contributed by atoms with Crippen molar-refractivity contribution in [2.75, 3.05) is 15.8 Å². The van der Waals surface area contributed by atoms with Gasteiger partial charge in [-0.15, -0.1) is 4.40 Å². The van der Waals surface area contributed by atoms with E-state index in [2.05, 4.69) is 28.3 Å². The Balaban J connectivity index is 1.52. The average molecular weight is 597 g/mol. The molecular formula is C29H32N4O6S2. The molecule has 1 unspecified atom stereocenters. The lowest BCUT2D eigenvalue weighted by molar-refractivity contribution is -0.120. The van der Waals surface area contributed by atoms with Crippen LogP contribution >= 0.6 is 10.8 Å². The second-order valence-electron chi connectivity index (χ2n) is 10.8. The van der Waals surface area contributed by atoms with Crippen molar-refractivity contribution < 1.29 is 27.4 Å². The number of anilines is 3. The van der Waals surface area contributed by atoms with E-state index >= 15 is 0 Å². The molecule has 41 heavy (non-hydrogen) atoms. The number of sulfonamides is 1. The van der Waals surface area contributed by atoms with Crippen molar-refractivity contribution in [3.63, 3.8) is 0 Å². The molecule has 0 bridgehead atoms. The molecule has 3 aromatic carbocycles. The SMILES string of the molecule is CC(C)CCC1(C)C(=O)C(C2=NS(O)(O)c3cc(NS(=O)(=O)c4ccc(N)cc4)ccc3N2)=C(O)c2ccccc21. The highest BCUT2D eigenvalue weighted by molar-refractivity contribution is 8.23. The smallest absolute Gasteiger partial charge is 0.261 e. The van der Waals surface area contributed by atoms with Crippen molar-refractivity contribution in [1.29, 1.82) is 0 Å². The highest BCUT2D eigenvalue weighted by Crippen LogP contribution is 2.57. The summed E-state index contributed by atoms with van der Waals surface area (Å²) in [7, 11) is -7.89. The topological polar surface area (TPSA) is 174 Å². The minimum atomic E-state index is -3.99. The second kappa shape index (κ2) is 10.2. The van der Waals surface area contributed by atoms with Gasteiger partial charge in [0.15, 0.2) is 11.6 Å². The first kappa shape index (κ1) is 28.7. The number of aliphatic hydroxyl groups excluding tert-OH is 1. The van der Waals surface area contributed by atoms with Gasteiger partial charge in [-0.1, -0.05) is 48.9 Å². The molecule has 1 aliphatic heterocycles. The van der Waals surface area contributed by atoms with E-state index in [1.165, 1.54) is 42.5 Å². The Morgan fingerprint density at radius 2 is 1.76 bits per heavy atom. The van der Waals surface area contributed by atoms with Gasteiger partial charge in [-0.25, -0.2) is 8.42 Å². The fourth-order valence-corrected chi connectivity index (χ4v) is 7.31. The van der Waals surface area contributed by atoms with Crippen molar-refractivity contribution >= 4 is 55.2 Å². The van der Waals surface area contributed by atoms with Gasteiger partial charge in [0.05, 0.1) is 21.7 Å². The summed E-state index contributed by atoms with van der Waals surface area (Å²) < 4.78 is 54.4. The van der Waals surface area contributed by atoms with Crippen LogP contribution in [0.5, 0.6) is 0 Å². The molecule has 0 aromatic heterocycles. The zero-order chi connectivity index (χ0) is 29.7. The maximum Gasteiger partial charge on any atom is 0.261 e. The molecular weight excluding hydrogens is 564 g/mol. The number of ketones is 1. The van der Waals surface area contributed by atoms with Crippen LogP contribution in [0.2, 0.25) is 0 Å². The van der Waals surface area contributed by atoms with Gasteiger partial charge >= 0.3 is 0 Å². The summed E-state index contributed by atoms with van der Waals surface area (Å²) in [6, 6.07) is 16.9. The van der Waals surface area contributed by atoms with Gasteiger partial charge in [-0.3, -0.25) is 18.6 Å². The molecule has 12 heteroatoms. The van der Waals surface area contributed by atoms with Crippen LogP contribution < -0.4 is 15.8 Å². The van der Waals surface area contributed by atoms with Crippen LogP contribution in [0.3, 0.4) is 0 Å². The number of aliphatic hydroxyl groups is 1. The van der Waals surface area contributed by atoms with Crippen molar-refractivity contribution in [1.82, 2.24) is 0 Å². The Hall–Kier alpha value is -3.84. The predicted octanol–water partition coefficient (Wildman–Crippen LogP) is 6.16. The van der Waals surface area contributed by atoms with Crippen LogP contribution in [0.1, 0.15) is 44.7 Å².